The molecule has 12 heteroatoms. The molecule has 0 aromatic rings. The molecule has 0 aliphatic carbocycles. The minimum absolute atomic E-state index is 0.0423. The maximum Gasteiger partial charge on any atom is 0.326 e. The van der Waals surface area contributed by atoms with E-state index in [1.165, 1.54) is 6.92 Å². The van der Waals surface area contributed by atoms with E-state index in [-0.39, 0.29) is 24.7 Å². The fraction of sp³-hybridized carbons (Fsp3) is 0.762. The largest absolute Gasteiger partial charge is 0.480 e. The van der Waals surface area contributed by atoms with Crippen LogP contribution in [-0.4, -0.2) is 70.1 Å². The SMILES string of the molecule is CCC(C)C(NC(=O)C(NC(=O)C(NC(=O)C(N)CCC(N)=O)C(C)O)C(C)CC)C(=O)O. The molecule has 7 atom stereocenters. The van der Waals surface area contributed by atoms with Crippen LogP contribution in [-0.2, 0) is 24.0 Å². The van der Waals surface area contributed by atoms with Gasteiger partial charge in [0.25, 0.3) is 0 Å². The van der Waals surface area contributed by atoms with Crippen molar-refractivity contribution in [3.05, 3.63) is 0 Å². The Bertz CT molecular complexity index is 700. The van der Waals surface area contributed by atoms with E-state index in [9.17, 15) is 34.2 Å². The summed E-state index contributed by atoms with van der Waals surface area (Å²) >= 11 is 0. The molecule has 4 amide bonds. The van der Waals surface area contributed by atoms with E-state index in [4.69, 9.17) is 11.5 Å². The maximum absolute atomic E-state index is 12.9. The average Bonchev–Trinajstić information content (AvgIpc) is 2.75. The molecule has 33 heavy (non-hydrogen) atoms. The number of nitrogens with two attached hydrogens (primary N) is 2. The number of aliphatic hydroxyl groups is 1. The zero-order chi connectivity index (χ0) is 25.9. The Hall–Kier alpha value is -2.73. The second-order valence-electron chi connectivity index (χ2n) is 8.42. The predicted molar refractivity (Wildman–Crippen MR) is 120 cm³/mol. The number of carbonyl (C=O) groups excluding carboxylic acids is 4. The molecular formula is C21H39N5O7. The number of nitrogens with one attached hydrogen (secondary N) is 3. The first-order valence-electron chi connectivity index (χ1n) is 11.1. The van der Waals surface area contributed by atoms with Crippen LogP contribution in [0.25, 0.3) is 0 Å². The highest BCUT2D eigenvalue weighted by molar-refractivity contribution is 5.94. The van der Waals surface area contributed by atoms with Crippen molar-refractivity contribution in [2.24, 2.45) is 23.3 Å². The molecule has 0 saturated carbocycles. The smallest absolute Gasteiger partial charge is 0.326 e. The van der Waals surface area contributed by atoms with Gasteiger partial charge in [-0.2, -0.15) is 0 Å². The number of primary amides is 1. The Morgan fingerprint density at radius 3 is 1.64 bits per heavy atom. The molecule has 0 rings (SSSR count). The van der Waals surface area contributed by atoms with Crippen LogP contribution in [0.15, 0.2) is 0 Å². The van der Waals surface area contributed by atoms with Gasteiger partial charge in [-0.1, -0.05) is 40.5 Å². The summed E-state index contributed by atoms with van der Waals surface area (Å²) in [5, 5.41) is 26.8. The zero-order valence-electron chi connectivity index (χ0n) is 20.0. The Labute approximate surface area is 194 Å². The summed E-state index contributed by atoms with van der Waals surface area (Å²) in [6.45, 7) is 8.27. The van der Waals surface area contributed by atoms with Gasteiger partial charge in [0.05, 0.1) is 12.1 Å². The summed E-state index contributed by atoms with van der Waals surface area (Å²) in [4.78, 5) is 60.5. The van der Waals surface area contributed by atoms with Crippen LogP contribution in [0.1, 0.15) is 60.3 Å². The molecule has 0 aliphatic rings. The third-order valence-electron chi connectivity index (χ3n) is 5.67. The van der Waals surface area contributed by atoms with Gasteiger partial charge in [0, 0.05) is 6.42 Å². The number of amides is 4. The lowest BCUT2D eigenvalue weighted by molar-refractivity contribution is -0.144. The van der Waals surface area contributed by atoms with Crippen molar-refractivity contribution in [3.63, 3.8) is 0 Å². The highest BCUT2D eigenvalue weighted by atomic mass is 16.4. The molecule has 12 nitrogen and oxygen atoms in total. The van der Waals surface area contributed by atoms with E-state index in [1.54, 1.807) is 27.7 Å². The topological polar surface area (TPSA) is 214 Å². The fourth-order valence-corrected chi connectivity index (χ4v) is 2.97. The summed E-state index contributed by atoms with van der Waals surface area (Å²) in [7, 11) is 0. The molecule has 0 radical (unpaired) electrons. The van der Waals surface area contributed by atoms with Crippen molar-refractivity contribution in [3.8, 4) is 0 Å². The van der Waals surface area contributed by atoms with Crippen molar-refractivity contribution < 1.29 is 34.2 Å². The van der Waals surface area contributed by atoms with Gasteiger partial charge in [0.1, 0.15) is 18.1 Å². The Morgan fingerprint density at radius 1 is 0.788 bits per heavy atom. The first kappa shape index (κ1) is 30.3. The van der Waals surface area contributed by atoms with E-state index < -0.39 is 59.9 Å². The monoisotopic (exact) mass is 473 g/mol. The lowest BCUT2D eigenvalue weighted by atomic mass is 9.95. The minimum Gasteiger partial charge on any atom is -0.480 e. The van der Waals surface area contributed by atoms with Crippen molar-refractivity contribution >= 4 is 29.6 Å². The molecule has 0 bridgehead atoms. The summed E-state index contributed by atoms with van der Waals surface area (Å²) in [5.74, 6) is -4.83. The van der Waals surface area contributed by atoms with E-state index in [2.05, 4.69) is 16.0 Å². The number of aliphatic hydroxyl groups excluding tert-OH is 1. The fourth-order valence-electron chi connectivity index (χ4n) is 2.97. The number of carboxylic acids is 1. The van der Waals surface area contributed by atoms with Gasteiger partial charge in [0.2, 0.25) is 23.6 Å². The Balaban J connectivity index is 5.49. The first-order chi connectivity index (χ1) is 15.3. The van der Waals surface area contributed by atoms with Crippen LogP contribution < -0.4 is 27.4 Å². The summed E-state index contributed by atoms with van der Waals surface area (Å²) in [6, 6.07) is -4.80. The molecule has 0 aromatic heterocycles. The van der Waals surface area contributed by atoms with Gasteiger partial charge >= 0.3 is 5.97 Å². The maximum atomic E-state index is 12.9. The second kappa shape index (κ2) is 14.4. The number of carboxylic acid groups (broad SMARTS) is 1. The molecule has 0 heterocycles. The second-order valence-corrected chi connectivity index (χ2v) is 8.42. The van der Waals surface area contributed by atoms with Crippen LogP contribution in [0.2, 0.25) is 0 Å². The van der Waals surface area contributed by atoms with Gasteiger partial charge < -0.3 is 37.6 Å². The number of carbonyl (C=O) groups is 5. The number of rotatable bonds is 15. The summed E-state index contributed by atoms with van der Waals surface area (Å²) in [6.07, 6.45) is -0.492. The summed E-state index contributed by atoms with van der Waals surface area (Å²) < 4.78 is 0. The van der Waals surface area contributed by atoms with Crippen LogP contribution in [0.4, 0.5) is 0 Å². The highest BCUT2D eigenvalue weighted by Gasteiger charge is 2.35. The van der Waals surface area contributed by atoms with Crippen LogP contribution in [0, 0.1) is 11.8 Å². The average molecular weight is 474 g/mol. The molecular weight excluding hydrogens is 434 g/mol. The molecule has 0 spiro atoms. The van der Waals surface area contributed by atoms with Crippen LogP contribution in [0.3, 0.4) is 0 Å². The molecule has 0 aliphatic heterocycles. The number of aliphatic carboxylic acids is 1. The Kier molecular flexibility index (Phi) is 13.2. The van der Waals surface area contributed by atoms with Crippen molar-refractivity contribution in [1.29, 1.82) is 0 Å². The van der Waals surface area contributed by atoms with Crippen molar-refractivity contribution in [2.45, 2.75) is 90.6 Å². The lowest BCUT2D eigenvalue weighted by Crippen LogP contribution is -2.61. The third-order valence-corrected chi connectivity index (χ3v) is 5.67. The van der Waals surface area contributed by atoms with Gasteiger partial charge in [-0.15, -0.1) is 0 Å². The molecule has 7 unspecified atom stereocenters. The summed E-state index contributed by atoms with van der Waals surface area (Å²) in [5.41, 5.74) is 10.7. The quantitative estimate of drug-likeness (QED) is 0.150. The van der Waals surface area contributed by atoms with E-state index in [1.807, 2.05) is 0 Å². The highest BCUT2D eigenvalue weighted by Crippen LogP contribution is 2.13. The van der Waals surface area contributed by atoms with Gasteiger partial charge in [-0.05, 0) is 25.2 Å². The predicted octanol–water partition coefficient (Wildman–Crippen LogP) is -1.41. The van der Waals surface area contributed by atoms with Crippen molar-refractivity contribution in [2.75, 3.05) is 0 Å². The first-order valence-corrected chi connectivity index (χ1v) is 11.1. The van der Waals surface area contributed by atoms with Crippen LogP contribution >= 0.6 is 0 Å². The molecule has 0 aromatic carbocycles. The van der Waals surface area contributed by atoms with E-state index in [0.717, 1.165) is 0 Å². The van der Waals surface area contributed by atoms with Gasteiger partial charge in [-0.3, -0.25) is 19.2 Å². The van der Waals surface area contributed by atoms with E-state index in [0.29, 0.717) is 12.8 Å². The lowest BCUT2D eigenvalue weighted by Gasteiger charge is -2.29. The normalized spacial score (nSPS) is 17.4. The number of hydrogen-bond donors (Lipinski definition) is 7. The Morgan fingerprint density at radius 2 is 1.21 bits per heavy atom. The third kappa shape index (κ3) is 10.2. The molecule has 9 N–H and O–H groups in total. The number of hydrogen-bond acceptors (Lipinski definition) is 7. The minimum atomic E-state index is -1.43. The molecule has 0 fully saturated rings. The van der Waals surface area contributed by atoms with E-state index >= 15 is 0 Å². The zero-order valence-corrected chi connectivity index (χ0v) is 20.0. The van der Waals surface area contributed by atoms with Gasteiger partial charge in [-0.25, -0.2) is 4.79 Å². The molecule has 0 saturated heterocycles. The van der Waals surface area contributed by atoms with Crippen LogP contribution in [0.5, 0.6) is 0 Å². The standard InChI is InChI=1S/C21H39N5O7/c1-6-10(3)15(19(30)25-16(21(32)33)11(4)7-2)24-20(31)17(12(5)27)26-18(29)13(22)8-9-14(23)28/h10-13,15-17,27H,6-9,22H2,1-5H3,(H2,23,28)(H,24,31)(H,25,30)(H,26,29)(H,32,33). The molecule has 190 valence electrons. The van der Waals surface area contributed by atoms with Gasteiger partial charge in [0.15, 0.2) is 0 Å². The van der Waals surface area contributed by atoms with Crippen molar-refractivity contribution in [1.82, 2.24) is 16.0 Å².